The molecule has 2 atom stereocenters. The van der Waals surface area contributed by atoms with Gasteiger partial charge in [-0.25, -0.2) is 0 Å². The van der Waals surface area contributed by atoms with Crippen LogP contribution in [-0.4, -0.2) is 70.0 Å². The SMILES string of the molecule is CC/C=C\C/C=C\C/C=C\C/C=C\C/C=C\C/C=C\C/C=C\CCCCCCCCCCCC(=O)OC(COC(=O)CCCCCCCCCCCCCCCCCCCCCCCCCCCCCCCC)COP(=O)([O-])OCC[N+](C)(C)C. The molecule has 0 aliphatic carbocycles. The van der Waals surface area contributed by atoms with Crippen LogP contribution in [0.1, 0.15) is 328 Å². The van der Waals surface area contributed by atoms with Crippen LogP contribution in [0, 0.1) is 0 Å². The Bertz CT molecular complexity index is 1710. The number of nitrogens with zero attached hydrogens (tertiary/aromatic N) is 1. The number of allylic oxidation sites excluding steroid dienone is 14. The summed E-state index contributed by atoms with van der Waals surface area (Å²) in [7, 11) is 1.17. The zero-order chi connectivity index (χ0) is 61.9. The molecule has 2 unspecified atom stereocenters. The van der Waals surface area contributed by atoms with Gasteiger partial charge in [-0.3, -0.25) is 14.2 Å². The zero-order valence-corrected chi connectivity index (χ0v) is 57.2. The molecule has 0 aromatic carbocycles. The van der Waals surface area contributed by atoms with Gasteiger partial charge in [0.05, 0.1) is 27.7 Å². The molecule has 10 heteroatoms. The topological polar surface area (TPSA) is 111 Å². The zero-order valence-electron chi connectivity index (χ0n) is 56.3. The average molecular weight is 1210 g/mol. The van der Waals surface area contributed by atoms with Crippen LogP contribution in [0.25, 0.3) is 0 Å². The Hall–Kier alpha value is -2.81. The second-order valence-corrected chi connectivity index (χ2v) is 26.6. The molecule has 0 aromatic rings. The lowest BCUT2D eigenvalue weighted by Crippen LogP contribution is -2.37. The van der Waals surface area contributed by atoms with Gasteiger partial charge < -0.3 is 27.9 Å². The van der Waals surface area contributed by atoms with Crippen molar-refractivity contribution < 1.29 is 42.1 Å². The summed E-state index contributed by atoms with van der Waals surface area (Å²) in [4.78, 5) is 38.1. The van der Waals surface area contributed by atoms with Crippen LogP contribution in [0.15, 0.2) is 85.1 Å². The predicted octanol–water partition coefficient (Wildman–Crippen LogP) is 22.7. The van der Waals surface area contributed by atoms with E-state index in [4.69, 9.17) is 18.5 Å². The van der Waals surface area contributed by atoms with Gasteiger partial charge in [0.25, 0.3) is 7.82 Å². The van der Waals surface area contributed by atoms with Crippen LogP contribution in [0.4, 0.5) is 0 Å². The van der Waals surface area contributed by atoms with Gasteiger partial charge in [0.15, 0.2) is 6.10 Å². The highest BCUT2D eigenvalue weighted by Gasteiger charge is 2.22. The highest BCUT2D eigenvalue weighted by molar-refractivity contribution is 7.45. The van der Waals surface area contributed by atoms with Crippen molar-refractivity contribution in [1.29, 1.82) is 0 Å². The first-order valence-corrected chi connectivity index (χ1v) is 37.3. The Morgan fingerprint density at radius 2 is 0.671 bits per heavy atom. The van der Waals surface area contributed by atoms with Crippen molar-refractivity contribution in [2.45, 2.75) is 335 Å². The first kappa shape index (κ1) is 82.2. The van der Waals surface area contributed by atoms with E-state index in [0.29, 0.717) is 17.4 Å². The number of phosphoric ester groups is 1. The fourth-order valence-corrected chi connectivity index (χ4v) is 11.0. The normalized spacial score (nSPS) is 13.6. The first-order valence-electron chi connectivity index (χ1n) is 35.8. The molecule has 0 N–H and O–H groups in total. The maximum absolute atomic E-state index is 12.9. The largest absolute Gasteiger partial charge is 0.756 e. The van der Waals surface area contributed by atoms with Crippen molar-refractivity contribution in [3.8, 4) is 0 Å². The molecule has 0 saturated heterocycles. The van der Waals surface area contributed by atoms with Crippen molar-refractivity contribution in [2.75, 3.05) is 47.5 Å². The molecular weight excluding hydrogens is 1070 g/mol. The standard InChI is InChI=1S/C75H136NO8P/c1-6-8-10-12-14-16-18-20-22-24-26-28-30-32-34-36-38-40-42-44-46-48-50-52-54-56-58-60-62-64-66-68-75(78)84-73(72-83-85(79,80)82-70-69-76(3,4)5)71-81-74(77)67-65-63-61-59-57-55-53-51-49-47-45-43-41-39-37-35-33-31-29-27-25-23-21-19-17-15-13-11-9-7-2/h8,10,14,16,20,22,26,28,32,34,38,40,44,46,73H,6-7,9,11-13,15,17-19,21,23-25,27,29-31,33,35-37,39,41-43,45,47-72H2,1-5H3/b10-8-,16-14-,22-20-,28-26-,34-32-,40-38-,46-44-. The molecule has 0 rings (SSSR count). The summed E-state index contributed by atoms with van der Waals surface area (Å²) in [5.41, 5.74) is 0. The van der Waals surface area contributed by atoms with Gasteiger partial charge >= 0.3 is 11.9 Å². The van der Waals surface area contributed by atoms with Crippen LogP contribution < -0.4 is 4.89 Å². The molecular formula is C75H136NO8P. The van der Waals surface area contributed by atoms with E-state index < -0.39 is 26.5 Å². The number of carbonyl (C=O) groups excluding carboxylic acids is 2. The van der Waals surface area contributed by atoms with E-state index in [1.54, 1.807) is 0 Å². The lowest BCUT2D eigenvalue weighted by Gasteiger charge is -2.28. The van der Waals surface area contributed by atoms with E-state index >= 15 is 0 Å². The Kier molecular flexibility index (Phi) is 63.5. The fourth-order valence-electron chi connectivity index (χ4n) is 10.2. The van der Waals surface area contributed by atoms with Crippen LogP contribution in [0.5, 0.6) is 0 Å². The molecule has 494 valence electrons. The van der Waals surface area contributed by atoms with Crippen LogP contribution >= 0.6 is 7.82 Å². The monoisotopic (exact) mass is 1210 g/mol. The molecule has 0 amide bonds. The van der Waals surface area contributed by atoms with E-state index in [2.05, 4.69) is 98.9 Å². The van der Waals surface area contributed by atoms with Gasteiger partial charge in [-0.15, -0.1) is 0 Å². The number of esters is 2. The third-order valence-corrected chi connectivity index (χ3v) is 16.6. The quantitative estimate of drug-likeness (QED) is 0.0195. The maximum Gasteiger partial charge on any atom is 0.306 e. The summed E-state index contributed by atoms with van der Waals surface area (Å²) in [6, 6.07) is 0. The second kappa shape index (κ2) is 65.6. The average Bonchev–Trinajstić information content (AvgIpc) is 3.50. The lowest BCUT2D eigenvalue weighted by molar-refractivity contribution is -0.870. The van der Waals surface area contributed by atoms with Gasteiger partial charge in [-0.1, -0.05) is 330 Å². The predicted molar refractivity (Wildman–Crippen MR) is 365 cm³/mol. The third kappa shape index (κ3) is 70.2. The van der Waals surface area contributed by atoms with Crippen molar-refractivity contribution in [2.24, 2.45) is 0 Å². The van der Waals surface area contributed by atoms with Crippen molar-refractivity contribution in [3.63, 3.8) is 0 Å². The number of rotatable bonds is 66. The van der Waals surface area contributed by atoms with Crippen molar-refractivity contribution >= 4 is 19.8 Å². The molecule has 0 bridgehead atoms. The van der Waals surface area contributed by atoms with Gasteiger partial charge in [0, 0.05) is 12.8 Å². The van der Waals surface area contributed by atoms with E-state index in [9.17, 15) is 19.0 Å². The maximum atomic E-state index is 12.9. The molecule has 0 saturated carbocycles. The number of quaternary nitrogens is 1. The van der Waals surface area contributed by atoms with Gasteiger partial charge in [0.2, 0.25) is 0 Å². The van der Waals surface area contributed by atoms with Crippen molar-refractivity contribution in [3.05, 3.63) is 85.1 Å². The number of ether oxygens (including phenoxy) is 2. The number of unbranched alkanes of at least 4 members (excludes halogenated alkanes) is 38. The molecule has 0 spiro atoms. The van der Waals surface area contributed by atoms with Gasteiger partial charge in [-0.05, 0) is 70.6 Å². The Morgan fingerprint density at radius 3 is 1.00 bits per heavy atom. The Morgan fingerprint density at radius 1 is 0.376 bits per heavy atom. The molecule has 9 nitrogen and oxygen atoms in total. The number of carbonyl (C=O) groups is 2. The van der Waals surface area contributed by atoms with Crippen LogP contribution in [-0.2, 0) is 32.7 Å². The Labute approximate surface area is 526 Å². The molecule has 0 aliphatic rings. The minimum Gasteiger partial charge on any atom is -0.756 e. The highest BCUT2D eigenvalue weighted by atomic mass is 31.2. The molecule has 0 aromatic heterocycles. The van der Waals surface area contributed by atoms with Crippen molar-refractivity contribution in [1.82, 2.24) is 0 Å². The summed E-state index contributed by atoms with van der Waals surface area (Å²) < 4.78 is 34.3. The van der Waals surface area contributed by atoms with E-state index in [1.165, 1.54) is 205 Å². The summed E-state index contributed by atoms with van der Waals surface area (Å²) in [5, 5.41) is 0. The summed E-state index contributed by atoms with van der Waals surface area (Å²) >= 11 is 0. The molecule has 0 heterocycles. The Balaban J connectivity index is 4.05. The summed E-state index contributed by atoms with van der Waals surface area (Å²) in [6.07, 6.45) is 89.6. The van der Waals surface area contributed by atoms with Gasteiger partial charge in [-0.2, -0.15) is 0 Å². The minimum absolute atomic E-state index is 0.0339. The van der Waals surface area contributed by atoms with E-state index in [0.717, 1.165) is 89.9 Å². The molecule has 0 radical (unpaired) electrons. The van der Waals surface area contributed by atoms with E-state index in [1.807, 2.05) is 21.1 Å². The fraction of sp³-hybridized carbons (Fsp3) is 0.787. The number of phosphoric acid groups is 1. The number of likely N-dealkylation sites (N-methyl/N-ethyl adjacent to an activating group) is 1. The smallest absolute Gasteiger partial charge is 0.306 e. The van der Waals surface area contributed by atoms with Gasteiger partial charge in [0.1, 0.15) is 19.8 Å². The molecule has 85 heavy (non-hydrogen) atoms. The van der Waals surface area contributed by atoms with E-state index in [-0.39, 0.29) is 32.0 Å². The van der Waals surface area contributed by atoms with Crippen LogP contribution in [0.3, 0.4) is 0 Å². The first-order chi connectivity index (χ1) is 41.5. The number of hydrogen-bond donors (Lipinski definition) is 0. The number of hydrogen-bond acceptors (Lipinski definition) is 8. The summed E-state index contributed by atoms with van der Waals surface area (Å²) in [5.74, 6) is -0.830. The second-order valence-electron chi connectivity index (χ2n) is 25.2. The minimum atomic E-state index is -4.65. The summed E-state index contributed by atoms with van der Waals surface area (Å²) in [6.45, 7) is 4.16. The highest BCUT2D eigenvalue weighted by Crippen LogP contribution is 2.38. The van der Waals surface area contributed by atoms with Crippen LogP contribution in [0.2, 0.25) is 0 Å². The lowest BCUT2D eigenvalue weighted by atomic mass is 10.0. The third-order valence-electron chi connectivity index (χ3n) is 15.7. The molecule has 0 aliphatic heterocycles. The molecule has 0 fully saturated rings.